The quantitative estimate of drug-likeness (QED) is 0.138. The van der Waals surface area contributed by atoms with Gasteiger partial charge in [-0.3, -0.25) is 21.2 Å². The molecule has 1 amide bonds. The van der Waals surface area contributed by atoms with Crippen molar-refractivity contribution in [3.05, 3.63) is 17.6 Å². The molecule has 1 aromatic heterocycles. The molecule has 1 aromatic rings. The Bertz CT molecular complexity index is 936. The van der Waals surface area contributed by atoms with Crippen LogP contribution in [0.4, 0.5) is 10.6 Å². The number of aromatic nitrogens is 2. The van der Waals surface area contributed by atoms with Crippen LogP contribution in [0, 0.1) is 21.6 Å². The Balaban J connectivity index is 2.71. The zero-order valence-corrected chi connectivity index (χ0v) is 22.9. The summed E-state index contributed by atoms with van der Waals surface area (Å²) < 4.78 is 10.7. The summed E-state index contributed by atoms with van der Waals surface area (Å²) in [5, 5.41) is 26.3. The van der Waals surface area contributed by atoms with Crippen LogP contribution in [-0.2, 0) is 9.47 Å². The Morgan fingerprint density at radius 2 is 1.72 bits per heavy atom. The Kier molecular flexibility index (Phi) is 11.2. The molecule has 0 atom stereocenters. The fourth-order valence-electron chi connectivity index (χ4n) is 2.82. The van der Waals surface area contributed by atoms with Crippen molar-refractivity contribution in [2.75, 3.05) is 31.9 Å². The third-order valence-electron chi connectivity index (χ3n) is 4.92. The molecule has 6 N–H and O–H groups in total. The smallest absolute Gasteiger partial charge is 0.410 e. The van der Waals surface area contributed by atoms with Gasteiger partial charge >= 0.3 is 6.09 Å². The van der Waals surface area contributed by atoms with Crippen molar-refractivity contribution in [1.29, 1.82) is 16.2 Å². The highest BCUT2D eigenvalue weighted by molar-refractivity contribution is 6.03. The van der Waals surface area contributed by atoms with Gasteiger partial charge in [0.1, 0.15) is 11.3 Å². The number of amidine groups is 1. The van der Waals surface area contributed by atoms with Gasteiger partial charge in [0.05, 0.1) is 6.20 Å². The van der Waals surface area contributed by atoms with Gasteiger partial charge in [0, 0.05) is 31.6 Å². The summed E-state index contributed by atoms with van der Waals surface area (Å²) in [6.45, 7) is 17.0. The Morgan fingerprint density at radius 1 is 1.08 bits per heavy atom. The predicted octanol–water partition coefficient (Wildman–Crippen LogP) is 3.61. The molecule has 1 heterocycles. The average Bonchev–Trinajstić information content (AvgIpc) is 2.76. The minimum atomic E-state index is -0.581. The van der Waals surface area contributed by atoms with E-state index in [9.17, 15) is 4.79 Å². The molecule has 0 fully saturated rings. The van der Waals surface area contributed by atoms with Gasteiger partial charge in [-0.2, -0.15) is 0 Å². The van der Waals surface area contributed by atoms with Gasteiger partial charge in [0.2, 0.25) is 5.90 Å². The number of carbonyl (C=O) groups is 1. The lowest BCUT2D eigenvalue weighted by atomic mass is 9.97. The monoisotopic (exact) mass is 505 g/mol. The number of amides is 1. The molecule has 0 aliphatic heterocycles. The number of nitrogens with one attached hydrogen (secondary N) is 4. The first-order chi connectivity index (χ1) is 16.6. The fraction of sp³-hybridized carbons (Fsp3) is 0.667. The molecule has 0 unspecified atom stereocenters. The molecular weight excluding hydrogens is 462 g/mol. The SMILES string of the molecule is CCN(CCCCNN(CC)C(=N)c1cnc(N)c(C(=N)OC(=N)C(C)(C)C)n1)C(=O)OC(C)(C)C. The fourth-order valence-corrected chi connectivity index (χ4v) is 2.82. The van der Waals surface area contributed by atoms with Crippen molar-refractivity contribution in [2.45, 2.75) is 73.8 Å². The highest BCUT2D eigenvalue weighted by Gasteiger charge is 2.24. The number of nitrogen functional groups attached to an aromatic ring is 1. The van der Waals surface area contributed by atoms with Gasteiger partial charge in [-0.25, -0.2) is 20.2 Å². The minimum Gasteiger partial charge on any atom is -0.444 e. The van der Waals surface area contributed by atoms with E-state index in [1.807, 2.05) is 34.6 Å². The van der Waals surface area contributed by atoms with Crippen LogP contribution < -0.4 is 11.2 Å². The van der Waals surface area contributed by atoms with E-state index < -0.39 is 16.9 Å². The summed E-state index contributed by atoms with van der Waals surface area (Å²) in [7, 11) is 0. The summed E-state index contributed by atoms with van der Waals surface area (Å²) in [5.41, 5.74) is 8.16. The van der Waals surface area contributed by atoms with Crippen molar-refractivity contribution >= 4 is 29.5 Å². The number of ether oxygens (including phenoxy) is 2. The third kappa shape index (κ3) is 9.76. The number of hydrogen-bond acceptors (Lipinski definition) is 10. The van der Waals surface area contributed by atoms with Crippen molar-refractivity contribution in [1.82, 2.24) is 25.3 Å². The normalized spacial score (nSPS) is 11.6. The highest BCUT2D eigenvalue weighted by atomic mass is 16.6. The standard InChI is InChI=1S/C24H43N9O3/c1-9-32(22(34)36-24(6,7)8)14-12-11-13-30-33(10-2)19(26)16-15-29-18(25)17(31-16)20(27)35-21(28)23(3,4)5/h15,26-28,30H,9-14H2,1-8H3,(H2,25,29). The van der Waals surface area contributed by atoms with Crippen LogP contribution in [0.2, 0.25) is 0 Å². The number of nitrogens with zero attached hydrogens (tertiary/aromatic N) is 4. The second-order valence-electron chi connectivity index (χ2n) is 10.3. The number of hydrogen-bond donors (Lipinski definition) is 5. The van der Waals surface area contributed by atoms with Crippen LogP contribution in [0.25, 0.3) is 0 Å². The van der Waals surface area contributed by atoms with Gasteiger partial charge in [0.15, 0.2) is 23.2 Å². The third-order valence-corrected chi connectivity index (χ3v) is 4.92. The maximum Gasteiger partial charge on any atom is 0.410 e. The molecule has 202 valence electrons. The molecule has 0 aliphatic rings. The molecular formula is C24H43N9O3. The van der Waals surface area contributed by atoms with Crippen molar-refractivity contribution in [3.63, 3.8) is 0 Å². The van der Waals surface area contributed by atoms with E-state index in [1.54, 1.807) is 30.7 Å². The van der Waals surface area contributed by atoms with Gasteiger partial charge in [-0.05, 0) is 47.5 Å². The second kappa shape index (κ2) is 13.1. The van der Waals surface area contributed by atoms with Gasteiger partial charge in [0.25, 0.3) is 0 Å². The molecule has 1 rings (SSSR count). The Labute approximate surface area is 214 Å². The number of rotatable bonds is 10. The summed E-state index contributed by atoms with van der Waals surface area (Å²) in [6, 6.07) is 0. The molecule has 0 bridgehead atoms. The maximum absolute atomic E-state index is 12.3. The van der Waals surface area contributed by atoms with Crippen LogP contribution >= 0.6 is 0 Å². The van der Waals surface area contributed by atoms with Crippen LogP contribution in [0.1, 0.15) is 79.6 Å². The molecule has 0 spiro atoms. The first kappa shape index (κ1) is 30.8. The Hall–Kier alpha value is -3.28. The average molecular weight is 506 g/mol. The number of anilines is 1. The first-order valence-corrected chi connectivity index (χ1v) is 12.2. The van der Waals surface area contributed by atoms with E-state index in [0.717, 1.165) is 12.8 Å². The second-order valence-corrected chi connectivity index (χ2v) is 10.3. The van der Waals surface area contributed by atoms with E-state index in [0.29, 0.717) is 26.2 Å². The van der Waals surface area contributed by atoms with E-state index >= 15 is 0 Å². The van der Waals surface area contributed by atoms with E-state index in [4.69, 9.17) is 31.4 Å². The molecule has 12 nitrogen and oxygen atoms in total. The number of carbonyl (C=O) groups excluding carboxylic acids is 1. The van der Waals surface area contributed by atoms with Crippen molar-refractivity contribution in [2.24, 2.45) is 5.41 Å². The van der Waals surface area contributed by atoms with Crippen LogP contribution in [0.3, 0.4) is 0 Å². The first-order valence-electron chi connectivity index (χ1n) is 12.2. The van der Waals surface area contributed by atoms with Gasteiger partial charge < -0.3 is 20.1 Å². The molecule has 0 aliphatic carbocycles. The molecule has 36 heavy (non-hydrogen) atoms. The van der Waals surface area contributed by atoms with Crippen LogP contribution in [0.5, 0.6) is 0 Å². The van der Waals surface area contributed by atoms with Crippen LogP contribution in [-0.4, -0.2) is 75.4 Å². The zero-order chi connectivity index (χ0) is 27.7. The summed E-state index contributed by atoms with van der Waals surface area (Å²) in [6.07, 6.45) is 2.59. The zero-order valence-electron chi connectivity index (χ0n) is 22.9. The maximum atomic E-state index is 12.3. The lowest BCUT2D eigenvalue weighted by molar-refractivity contribution is 0.0257. The largest absolute Gasteiger partial charge is 0.444 e. The topological polar surface area (TPSA) is 177 Å². The lowest BCUT2D eigenvalue weighted by Gasteiger charge is -2.27. The minimum absolute atomic E-state index is 0.0141. The summed E-state index contributed by atoms with van der Waals surface area (Å²) >= 11 is 0. The number of nitrogens with two attached hydrogens (primary N) is 1. The van der Waals surface area contributed by atoms with E-state index in [1.165, 1.54) is 6.20 Å². The van der Waals surface area contributed by atoms with Crippen molar-refractivity contribution < 1.29 is 14.3 Å². The number of hydrazine groups is 1. The predicted molar refractivity (Wildman–Crippen MR) is 141 cm³/mol. The van der Waals surface area contributed by atoms with Gasteiger partial charge in [-0.15, -0.1) is 0 Å². The number of unbranched alkanes of at least 4 members (excludes halogenated alkanes) is 1. The van der Waals surface area contributed by atoms with Gasteiger partial charge in [-0.1, -0.05) is 20.8 Å². The molecule has 0 saturated carbocycles. The summed E-state index contributed by atoms with van der Waals surface area (Å²) in [5.74, 6) is -0.441. The van der Waals surface area contributed by atoms with E-state index in [2.05, 4.69) is 15.4 Å². The highest BCUT2D eigenvalue weighted by Crippen LogP contribution is 2.18. The van der Waals surface area contributed by atoms with E-state index in [-0.39, 0.29) is 35.0 Å². The molecule has 0 radical (unpaired) electrons. The molecule has 12 heteroatoms. The van der Waals surface area contributed by atoms with Crippen LogP contribution in [0.15, 0.2) is 6.20 Å². The Morgan fingerprint density at radius 3 is 2.25 bits per heavy atom. The van der Waals surface area contributed by atoms with Crippen molar-refractivity contribution in [3.8, 4) is 0 Å². The lowest BCUT2D eigenvalue weighted by Crippen LogP contribution is -2.44. The molecule has 0 aromatic carbocycles. The molecule has 0 saturated heterocycles. The summed E-state index contributed by atoms with van der Waals surface area (Å²) in [4.78, 5) is 22.3.